The van der Waals surface area contributed by atoms with Crippen molar-refractivity contribution in [3.63, 3.8) is 0 Å². The monoisotopic (exact) mass is 510 g/mol. The van der Waals surface area contributed by atoms with E-state index in [1.807, 2.05) is 38.1 Å². The van der Waals surface area contributed by atoms with E-state index in [1.165, 1.54) is 23.3 Å². The van der Waals surface area contributed by atoms with Gasteiger partial charge in [0.25, 0.3) is 0 Å². The molecule has 0 fully saturated rings. The highest BCUT2D eigenvalue weighted by Gasteiger charge is 2.26. The van der Waals surface area contributed by atoms with Crippen LogP contribution in [-0.2, 0) is 30.6 Å². The number of carboxylic acids is 1. The first-order valence-electron chi connectivity index (χ1n) is 12.9. The number of rotatable bonds is 8. The molecule has 1 aliphatic heterocycles. The molecule has 4 aromatic rings. The van der Waals surface area contributed by atoms with Gasteiger partial charge in [0.05, 0.1) is 18.7 Å². The number of ether oxygens (including phenoxy) is 1. The van der Waals surface area contributed by atoms with E-state index < -0.39 is 5.97 Å². The topological polar surface area (TPSA) is 62.7 Å². The van der Waals surface area contributed by atoms with Gasteiger partial charge in [-0.1, -0.05) is 48.5 Å². The maximum absolute atomic E-state index is 13.1. The van der Waals surface area contributed by atoms with Crippen LogP contribution in [0.2, 0.25) is 0 Å². The van der Waals surface area contributed by atoms with Gasteiger partial charge in [-0.15, -0.1) is 0 Å². The molecule has 0 saturated carbocycles. The third-order valence-electron chi connectivity index (χ3n) is 7.15. The average molecular weight is 511 g/mol. The van der Waals surface area contributed by atoms with Crippen LogP contribution in [0.15, 0.2) is 72.8 Å². The summed E-state index contributed by atoms with van der Waals surface area (Å²) in [5.41, 5.74) is 8.90. The molecule has 0 bridgehead atoms. The van der Waals surface area contributed by atoms with E-state index in [9.17, 15) is 14.3 Å². The minimum Gasteiger partial charge on any atom is -0.493 e. The summed E-state index contributed by atoms with van der Waals surface area (Å²) in [5, 5.41) is 9.74. The number of pyridine rings is 1. The molecule has 5 rings (SSSR count). The van der Waals surface area contributed by atoms with Crippen molar-refractivity contribution in [2.75, 3.05) is 18.1 Å². The van der Waals surface area contributed by atoms with Crippen molar-refractivity contribution < 1.29 is 19.0 Å². The van der Waals surface area contributed by atoms with Crippen LogP contribution in [0.25, 0.3) is 11.1 Å². The molecule has 3 aromatic carbocycles. The molecule has 194 valence electrons. The number of nitrogens with zero attached hydrogens (tertiary/aromatic N) is 2. The zero-order valence-corrected chi connectivity index (χ0v) is 21.7. The number of fused-ring (bicyclic) bond motifs is 1. The predicted octanol–water partition coefficient (Wildman–Crippen LogP) is 6.32. The Labute approximate surface area is 222 Å². The SMILES string of the molecule is Cc1nc(C)c(-c2ccc(OCCc3ccc(F)cc3)cc2)c(N2CCc3ccccc3C2)c1CC(=O)O. The van der Waals surface area contributed by atoms with Gasteiger partial charge in [-0.3, -0.25) is 9.78 Å². The molecule has 1 N–H and O–H groups in total. The fourth-order valence-corrected chi connectivity index (χ4v) is 5.27. The van der Waals surface area contributed by atoms with Gasteiger partial charge in [0.2, 0.25) is 0 Å². The van der Waals surface area contributed by atoms with Crippen molar-refractivity contribution in [2.45, 2.75) is 39.7 Å². The molecule has 5 nitrogen and oxygen atoms in total. The average Bonchev–Trinajstić information content (AvgIpc) is 2.91. The van der Waals surface area contributed by atoms with E-state index in [0.717, 1.165) is 64.6 Å². The molecule has 0 unspecified atom stereocenters. The summed E-state index contributed by atoms with van der Waals surface area (Å²) in [6.45, 7) is 5.90. The van der Waals surface area contributed by atoms with Gasteiger partial charge < -0.3 is 14.7 Å². The van der Waals surface area contributed by atoms with Crippen LogP contribution >= 0.6 is 0 Å². The quantitative estimate of drug-likeness (QED) is 0.301. The molecule has 1 aromatic heterocycles. The Hall–Kier alpha value is -4.19. The van der Waals surface area contributed by atoms with Crippen molar-refractivity contribution in [3.05, 3.63) is 112 Å². The Morgan fingerprint density at radius 2 is 1.68 bits per heavy atom. The van der Waals surface area contributed by atoms with Gasteiger partial charge in [-0.05, 0) is 66.8 Å². The fraction of sp³-hybridized carbons (Fsp3) is 0.250. The lowest BCUT2D eigenvalue weighted by Gasteiger charge is -2.35. The normalized spacial score (nSPS) is 12.8. The van der Waals surface area contributed by atoms with Crippen LogP contribution in [-0.4, -0.2) is 29.2 Å². The third kappa shape index (κ3) is 5.54. The molecule has 0 radical (unpaired) electrons. The molecule has 6 heteroatoms. The maximum Gasteiger partial charge on any atom is 0.307 e. The van der Waals surface area contributed by atoms with E-state index in [-0.39, 0.29) is 12.2 Å². The van der Waals surface area contributed by atoms with E-state index in [1.54, 1.807) is 12.1 Å². The minimum absolute atomic E-state index is 0.0792. The van der Waals surface area contributed by atoms with Crippen molar-refractivity contribution >= 4 is 11.7 Å². The maximum atomic E-state index is 13.1. The van der Waals surface area contributed by atoms with Crippen LogP contribution in [0.1, 0.15) is 33.6 Å². The van der Waals surface area contributed by atoms with Gasteiger partial charge in [0, 0.05) is 42.0 Å². The number of anilines is 1. The smallest absolute Gasteiger partial charge is 0.307 e. The molecule has 0 amide bonds. The predicted molar refractivity (Wildman–Crippen MR) is 147 cm³/mol. The van der Waals surface area contributed by atoms with Crippen LogP contribution < -0.4 is 9.64 Å². The van der Waals surface area contributed by atoms with Crippen molar-refractivity contribution in [2.24, 2.45) is 0 Å². The standard InChI is InChI=1S/C32H31FN2O3/c1-21-29(19-30(36)37)32(35-17-15-24-5-3-4-6-26(24)20-35)31(22(2)34-21)25-9-13-28(14-10-25)38-18-16-23-7-11-27(33)12-8-23/h3-14H,15-20H2,1-2H3,(H,36,37). The number of carbonyl (C=O) groups is 1. The highest BCUT2D eigenvalue weighted by Crippen LogP contribution is 2.40. The number of benzene rings is 3. The van der Waals surface area contributed by atoms with Gasteiger partial charge in [0.15, 0.2) is 0 Å². The molecule has 38 heavy (non-hydrogen) atoms. The Kier molecular flexibility index (Phi) is 7.40. The van der Waals surface area contributed by atoms with Crippen LogP contribution in [0, 0.1) is 19.7 Å². The van der Waals surface area contributed by atoms with E-state index in [2.05, 4.69) is 29.2 Å². The summed E-state index contributed by atoms with van der Waals surface area (Å²) in [4.78, 5) is 18.9. The second-order valence-corrected chi connectivity index (χ2v) is 9.74. The van der Waals surface area contributed by atoms with Gasteiger partial charge in [-0.2, -0.15) is 0 Å². The first-order valence-corrected chi connectivity index (χ1v) is 12.9. The molecule has 0 saturated heterocycles. The van der Waals surface area contributed by atoms with Crippen LogP contribution in [0.4, 0.5) is 10.1 Å². The lowest BCUT2D eigenvalue weighted by atomic mass is 9.92. The molecular formula is C32H31FN2O3. The minimum atomic E-state index is -0.867. The molecular weight excluding hydrogens is 479 g/mol. The summed E-state index contributed by atoms with van der Waals surface area (Å²) in [5.74, 6) is -0.369. The second kappa shape index (κ2) is 11.1. The number of hydrogen-bond acceptors (Lipinski definition) is 4. The first kappa shape index (κ1) is 25.5. The Balaban J connectivity index is 1.45. The van der Waals surface area contributed by atoms with Gasteiger partial charge in [-0.25, -0.2) is 4.39 Å². The van der Waals surface area contributed by atoms with Crippen molar-refractivity contribution in [1.82, 2.24) is 4.98 Å². The second-order valence-electron chi connectivity index (χ2n) is 9.74. The molecule has 1 aliphatic rings. The van der Waals surface area contributed by atoms with Crippen molar-refractivity contribution in [1.29, 1.82) is 0 Å². The number of carboxylic acid groups (broad SMARTS) is 1. The Morgan fingerprint density at radius 3 is 2.39 bits per heavy atom. The summed E-state index contributed by atoms with van der Waals surface area (Å²) < 4.78 is 19.1. The Bertz CT molecular complexity index is 1450. The summed E-state index contributed by atoms with van der Waals surface area (Å²) in [6, 6.07) is 22.8. The van der Waals surface area contributed by atoms with E-state index in [4.69, 9.17) is 9.72 Å². The van der Waals surface area contributed by atoms with Crippen LogP contribution in [0.5, 0.6) is 5.75 Å². The lowest BCUT2D eigenvalue weighted by Crippen LogP contribution is -2.32. The molecule has 0 atom stereocenters. The van der Waals surface area contributed by atoms with E-state index in [0.29, 0.717) is 13.0 Å². The summed E-state index contributed by atoms with van der Waals surface area (Å²) in [7, 11) is 0. The van der Waals surface area contributed by atoms with E-state index >= 15 is 0 Å². The highest BCUT2D eigenvalue weighted by molar-refractivity contribution is 5.86. The zero-order valence-electron chi connectivity index (χ0n) is 21.7. The number of aryl methyl sites for hydroxylation is 2. The summed E-state index contributed by atoms with van der Waals surface area (Å²) in [6.07, 6.45) is 1.51. The summed E-state index contributed by atoms with van der Waals surface area (Å²) >= 11 is 0. The number of aromatic nitrogens is 1. The van der Waals surface area contributed by atoms with Crippen molar-refractivity contribution in [3.8, 4) is 16.9 Å². The number of hydrogen-bond donors (Lipinski definition) is 1. The molecule has 2 heterocycles. The zero-order chi connectivity index (χ0) is 26.6. The first-order chi connectivity index (χ1) is 18.4. The third-order valence-corrected chi connectivity index (χ3v) is 7.15. The number of aliphatic carboxylic acids is 1. The molecule has 0 aliphatic carbocycles. The fourth-order valence-electron chi connectivity index (χ4n) is 5.27. The number of halogens is 1. The largest absolute Gasteiger partial charge is 0.493 e. The Morgan fingerprint density at radius 1 is 0.974 bits per heavy atom. The highest BCUT2D eigenvalue weighted by atomic mass is 19.1. The molecule has 0 spiro atoms. The van der Waals surface area contributed by atoms with Gasteiger partial charge >= 0.3 is 5.97 Å². The lowest BCUT2D eigenvalue weighted by molar-refractivity contribution is -0.136. The van der Waals surface area contributed by atoms with Gasteiger partial charge in [0.1, 0.15) is 11.6 Å². The van der Waals surface area contributed by atoms with Crippen LogP contribution in [0.3, 0.4) is 0 Å².